The lowest BCUT2D eigenvalue weighted by Crippen LogP contribution is -2.43. The molecule has 0 aromatic heterocycles. The normalized spacial score (nSPS) is 14.5. The summed E-state index contributed by atoms with van der Waals surface area (Å²) in [5.41, 5.74) is 13.8. The van der Waals surface area contributed by atoms with E-state index >= 15 is 0 Å². The summed E-state index contributed by atoms with van der Waals surface area (Å²) >= 11 is 0. The van der Waals surface area contributed by atoms with Gasteiger partial charge in [-0.3, -0.25) is 29.0 Å². The van der Waals surface area contributed by atoms with E-state index in [1.165, 1.54) is 9.80 Å². The van der Waals surface area contributed by atoms with Crippen molar-refractivity contribution in [1.29, 1.82) is 0 Å². The Balaban J connectivity index is 1.68. The molecule has 0 aliphatic carbocycles. The number of rotatable bonds is 16. The van der Waals surface area contributed by atoms with Gasteiger partial charge in [0.05, 0.1) is 0 Å². The summed E-state index contributed by atoms with van der Waals surface area (Å²) in [5.74, 6) is 6.53. The van der Waals surface area contributed by atoms with Gasteiger partial charge in [-0.2, -0.15) is 0 Å². The first-order chi connectivity index (χ1) is 31.3. The van der Waals surface area contributed by atoms with Gasteiger partial charge in [0.25, 0.3) is 23.6 Å². The van der Waals surface area contributed by atoms with Crippen LogP contribution in [-0.2, 0) is 0 Å². The van der Waals surface area contributed by atoms with Crippen LogP contribution in [0.1, 0.15) is 201 Å². The maximum Gasteiger partial charge on any atom is 0.261 e. The maximum absolute atomic E-state index is 14.9. The van der Waals surface area contributed by atoms with Gasteiger partial charge in [0.15, 0.2) is 0 Å². The fourth-order valence-corrected chi connectivity index (χ4v) is 23.2. The van der Waals surface area contributed by atoms with Crippen molar-refractivity contribution in [3.63, 3.8) is 0 Å². The van der Waals surface area contributed by atoms with Crippen molar-refractivity contribution >= 4 is 82.9 Å². The summed E-state index contributed by atoms with van der Waals surface area (Å²) in [5, 5.41) is 6.42. The van der Waals surface area contributed by atoms with E-state index in [-0.39, 0.29) is 23.6 Å². The number of hydrogen-bond donors (Lipinski definition) is 0. The average molecular weight is 919 g/mol. The van der Waals surface area contributed by atoms with Gasteiger partial charge in [-0.1, -0.05) is 159 Å². The second-order valence-corrected chi connectivity index (χ2v) is 32.6. The molecule has 66 heavy (non-hydrogen) atoms. The van der Waals surface area contributed by atoms with Crippen LogP contribution < -0.4 is 0 Å². The number of carbonyl (C=O) groups is 4. The van der Waals surface area contributed by atoms with E-state index in [0.29, 0.717) is 79.4 Å². The van der Waals surface area contributed by atoms with Crippen LogP contribution >= 0.6 is 0 Å². The Kier molecular flexibility index (Phi) is 14.2. The van der Waals surface area contributed by atoms with Crippen LogP contribution in [-0.4, -0.2) is 62.7 Å². The van der Waals surface area contributed by atoms with Crippen molar-refractivity contribution in [2.24, 2.45) is 0 Å². The van der Waals surface area contributed by atoms with Crippen LogP contribution in [0.25, 0.3) is 43.1 Å². The third-order valence-corrected chi connectivity index (χ3v) is 28.6. The van der Waals surface area contributed by atoms with E-state index in [2.05, 4.69) is 120 Å². The number of amides is 4. The van der Waals surface area contributed by atoms with Gasteiger partial charge in [0, 0.05) is 78.8 Å². The molecule has 4 amide bonds. The topological polar surface area (TPSA) is 74.8 Å². The van der Waals surface area contributed by atoms with Crippen molar-refractivity contribution in [3.05, 3.63) is 69.8 Å². The predicted molar refractivity (Wildman–Crippen MR) is 283 cm³/mol. The standard InChI is InChI=1S/C58H74N2O4Si2/c1-15-17-19-21-29-59-55(61)45-25-23-43-50-42(28-32-66(38(9)10,39(11)12)40(13)14)34-48-52-46(56(62)60(58(48)64)30-22-20-18-16-2)26-24-44(54(50)52)49-41(33-47(57(59)63)51(45)53(43)49)27-31-65(35(3)4,36(5)6)37(7)8/h23-26,33-40H,15-22,29-30H2,1-14H3. The number of unbranched alkanes of at least 4 members (excludes halogenated alkanes) is 6. The Morgan fingerprint density at radius 1 is 0.409 bits per heavy atom. The van der Waals surface area contributed by atoms with E-state index in [0.717, 1.165) is 94.8 Å². The smallest absolute Gasteiger partial charge is 0.261 e. The average Bonchev–Trinajstić information content (AvgIpc) is 3.26. The zero-order valence-corrected chi connectivity index (χ0v) is 44.5. The van der Waals surface area contributed by atoms with Crippen LogP contribution in [0.15, 0.2) is 36.4 Å². The number of imide groups is 2. The monoisotopic (exact) mass is 919 g/mol. The highest BCUT2D eigenvalue weighted by atomic mass is 28.3. The minimum absolute atomic E-state index is 0.265. The van der Waals surface area contributed by atoms with E-state index in [4.69, 9.17) is 0 Å². The molecule has 0 saturated carbocycles. The highest BCUT2D eigenvalue weighted by molar-refractivity contribution is 6.91. The Hall–Kier alpha value is -4.77. The van der Waals surface area contributed by atoms with Gasteiger partial charge in [-0.25, -0.2) is 0 Å². The first kappa shape index (κ1) is 49.1. The maximum atomic E-state index is 14.9. The molecule has 0 spiro atoms. The highest BCUT2D eigenvalue weighted by Crippen LogP contribution is 2.50. The number of nitrogens with zero attached hydrogens (tertiary/aromatic N) is 2. The SMILES string of the molecule is CCCCCCN1C(=O)c2ccc3c4c(C#C[Si](C(C)C)(C(C)C)C(C)C)cc5c6c(ccc(c7c(C#C[Si](C(C)C)(C(C)C)C(C)C)cc(c2c37)C1=O)c64)C(=O)N(CCCCCC)C5=O. The summed E-state index contributed by atoms with van der Waals surface area (Å²) in [6.45, 7) is 32.7. The lowest BCUT2D eigenvalue weighted by molar-refractivity contribution is 0.0592. The third-order valence-electron chi connectivity index (χ3n) is 16.0. The molecule has 5 aromatic rings. The molecular weight excluding hydrogens is 845 g/mol. The molecular formula is C58H74N2O4Si2. The molecule has 0 atom stereocenters. The largest absolute Gasteiger partial charge is 0.274 e. The molecule has 2 heterocycles. The Labute approximate surface area is 397 Å². The van der Waals surface area contributed by atoms with E-state index < -0.39 is 16.1 Å². The fraction of sp³-hybridized carbons (Fsp3) is 0.517. The second kappa shape index (κ2) is 19.1. The highest BCUT2D eigenvalue weighted by Gasteiger charge is 2.44. The molecule has 5 aromatic carbocycles. The molecule has 7 rings (SSSR count). The van der Waals surface area contributed by atoms with E-state index in [1.54, 1.807) is 0 Å². The fourth-order valence-electron chi connectivity index (χ4n) is 12.8. The van der Waals surface area contributed by atoms with Gasteiger partial charge in [0.1, 0.15) is 16.1 Å². The van der Waals surface area contributed by atoms with Gasteiger partial charge in [-0.05, 0) is 81.1 Å². The Morgan fingerprint density at radius 3 is 1.03 bits per heavy atom. The molecule has 6 nitrogen and oxygen atoms in total. The summed E-state index contributed by atoms with van der Waals surface area (Å²) in [6.07, 6.45) is 7.61. The van der Waals surface area contributed by atoms with Crippen molar-refractivity contribution in [2.75, 3.05) is 13.1 Å². The van der Waals surface area contributed by atoms with Crippen molar-refractivity contribution < 1.29 is 19.2 Å². The van der Waals surface area contributed by atoms with Crippen molar-refractivity contribution in [3.8, 4) is 22.9 Å². The van der Waals surface area contributed by atoms with Gasteiger partial charge in [-0.15, -0.1) is 11.1 Å². The number of benzene rings is 5. The third kappa shape index (κ3) is 7.73. The molecule has 0 radical (unpaired) electrons. The first-order valence-electron chi connectivity index (χ1n) is 25.4. The number of fused-ring (bicyclic) bond motifs is 2. The molecule has 2 aliphatic heterocycles. The van der Waals surface area contributed by atoms with Gasteiger partial charge < -0.3 is 0 Å². The van der Waals surface area contributed by atoms with Crippen LogP contribution in [0, 0.1) is 22.9 Å². The van der Waals surface area contributed by atoms with Crippen LogP contribution in [0.3, 0.4) is 0 Å². The molecule has 0 bridgehead atoms. The lowest BCUT2D eigenvalue weighted by Gasteiger charge is -2.38. The Bertz CT molecular complexity index is 2640. The predicted octanol–water partition coefficient (Wildman–Crippen LogP) is 15.2. The summed E-state index contributed by atoms with van der Waals surface area (Å²) < 4.78 is 0. The summed E-state index contributed by atoms with van der Waals surface area (Å²) in [7, 11) is -4.56. The summed E-state index contributed by atoms with van der Waals surface area (Å²) in [4.78, 5) is 62.0. The van der Waals surface area contributed by atoms with E-state index in [9.17, 15) is 19.2 Å². The van der Waals surface area contributed by atoms with E-state index in [1.807, 2.05) is 36.4 Å². The second-order valence-electron chi connectivity index (χ2n) is 21.5. The first-order valence-corrected chi connectivity index (χ1v) is 29.9. The van der Waals surface area contributed by atoms with Crippen molar-refractivity contribution in [2.45, 2.75) is 182 Å². The van der Waals surface area contributed by atoms with Gasteiger partial charge in [0.2, 0.25) is 0 Å². The zero-order chi connectivity index (χ0) is 48.2. The molecule has 0 unspecified atom stereocenters. The summed E-state index contributed by atoms with van der Waals surface area (Å²) in [6, 6.07) is 11.8. The molecule has 2 aliphatic rings. The molecule has 0 fully saturated rings. The molecule has 0 N–H and O–H groups in total. The van der Waals surface area contributed by atoms with Crippen LogP contribution in [0.5, 0.6) is 0 Å². The minimum atomic E-state index is -2.28. The molecule has 0 saturated heterocycles. The number of hydrogen-bond acceptors (Lipinski definition) is 4. The quantitative estimate of drug-likeness (QED) is 0.0247. The van der Waals surface area contributed by atoms with Gasteiger partial charge >= 0.3 is 0 Å². The van der Waals surface area contributed by atoms with Crippen LogP contribution in [0.2, 0.25) is 33.2 Å². The number of carbonyl (C=O) groups excluding carboxylic acids is 4. The Morgan fingerprint density at radius 2 is 0.727 bits per heavy atom. The van der Waals surface area contributed by atoms with Crippen molar-refractivity contribution in [1.82, 2.24) is 9.80 Å². The molecule has 348 valence electrons. The molecule has 8 heteroatoms. The zero-order valence-electron chi connectivity index (χ0n) is 42.5. The van der Waals surface area contributed by atoms with Crippen LogP contribution in [0.4, 0.5) is 0 Å². The lowest BCUT2D eigenvalue weighted by atomic mass is 9.79. The minimum Gasteiger partial charge on any atom is -0.274 e.